The van der Waals surface area contributed by atoms with Gasteiger partial charge in [-0.25, -0.2) is 9.59 Å². The number of fused-ring (bicyclic) bond motifs is 1. The van der Waals surface area contributed by atoms with Gasteiger partial charge in [-0.05, 0) is 37.1 Å². The second-order valence-electron chi connectivity index (χ2n) is 7.98. The van der Waals surface area contributed by atoms with Crippen LogP contribution in [-0.4, -0.2) is 49.0 Å². The van der Waals surface area contributed by atoms with Gasteiger partial charge >= 0.3 is 12.0 Å². The maximum atomic E-state index is 12.5. The van der Waals surface area contributed by atoms with Crippen molar-refractivity contribution in [1.29, 1.82) is 0 Å². The number of anilines is 1. The molecule has 0 bridgehead atoms. The molecule has 1 fully saturated rings. The number of thioether (sulfide) groups is 1. The van der Waals surface area contributed by atoms with Gasteiger partial charge in [0.2, 0.25) is 12.7 Å². The fraction of sp³-hybridized carbons (Fsp3) is 0.333. The van der Waals surface area contributed by atoms with Crippen molar-refractivity contribution >= 4 is 41.3 Å². The highest BCUT2D eigenvalue weighted by Crippen LogP contribution is 2.34. The summed E-state index contributed by atoms with van der Waals surface area (Å²) >= 11 is 1.16. The largest absolute Gasteiger partial charge is 0.454 e. The van der Waals surface area contributed by atoms with Crippen molar-refractivity contribution in [2.45, 2.75) is 36.6 Å². The minimum atomic E-state index is -0.726. The number of ether oxygens (including phenoxy) is 3. The van der Waals surface area contributed by atoms with E-state index in [0.29, 0.717) is 22.1 Å². The van der Waals surface area contributed by atoms with Crippen LogP contribution in [0.25, 0.3) is 0 Å². The predicted molar refractivity (Wildman–Crippen MR) is 128 cm³/mol. The number of carbonyl (C=O) groups excluding carboxylic acids is 4. The van der Waals surface area contributed by atoms with E-state index in [9.17, 15) is 19.2 Å². The maximum Gasteiger partial charge on any atom is 0.339 e. The zero-order chi connectivity index (χ0) is 24.6. The zero-order valence-corrected chi connectivity index (χ0v) is 19.7. The molecule has 0 unspecified atom stereocenters. The molecule has 10 nitrogen and oxygen atoms in total. The van der Waals surface area contributed by atoms with Crippen LogP contribution in [0.3, 0.4) is 0 Å². The van der Waals surface area contributed by atoms with Crippen LogP contribution in [0.2, 0.25) is 0 Å². The molecular weight excluding hydrogens is 474 g/mol. The van der Waals surface area contributed by atoms with Crippen molar-refractivity contribution in [2.75, 3.05) is 24.5 Å². The zero-order valence-electron chi connectivity index (χ0n) is 18.8. The summed E-state index contributed by atoms with van der Waals surface area (Å²) in [7, 11) is 0. The van der Waals surface area contributed by atoms with Crippen LogP contribution >= 0.6 is 11.8 Å². The normalized spacial score (nSPS) is 14.3. The van der Waals surface area contributed by atoms with Crippen molar-refractivity contribution in [3.05, 3.63) is 48.0 Å². The highest BCUT2D eigenvalue weighted by atomic mass is 32.2. The Bertz CT molecular complexity index is 1120. The average molecular weight is 500 g/mol. The number of rotatable bonds is 8. The fourth-order valence-electron chi connectivity index (χ4n) is 3.74. The van der Waals surface area contributed by atoms with Crippen LogP contribution in [0.5, 0.6) is 11.5 Å². The van der Waals surface area contributed by atoms with Gasteiger partial charge in [-0.15, -0.1) is 11.8 Å². The van der Waals surface area contributed by atoms with E-state index in [1.54, 1.807) is 42.5 Å². The Labute approximate surface area is 206 Å². The number of amides is 4. The molecule has 4 rings (SSSR count). The molecular formula is C24H25N3O7S. The first kappa shape index (κ1) is 24.4. The Morgan fingerprint density at radius 3 is 2.57 bits per heavy atom. The molecule has 2 aliphatic rings. The van der Waals surface area contributed by atoms with Gasteiger partial charge in [-0.2, -0.15) is 0 Å². The summed E-state index contributed by atoms with van der Waals surface area (Å²) in [6.07, 6.45) is 3.88. The van der Waals surface area contributed by atoms with E-state index in [0.717, 1.165) is 37.4 Å². The molecule has 1 aliphatic carbocycles. The van der Waals surface area contributed by atoms with Gasteiger partial charge in [0.15, 0.2) is 18.1 Å². The SMILES string of the molecule is O=C(COC(=O)c1ccccc1SCC(=O)Nc1ccc2c(c1)OCO2)NC(=O)NC1CCCC1. The number of hydrogen-bond acceptors (Lipinski definition) is 8. The van der Waals surface area contributed by atoms with Gasteiger partial charge in [0.05, 0.1) is 11.3 Å². The summed E-state index contributed by atoms with van der Waals surface area (Å²) < 4.78 is 15.6. The number of benzene rings is 2. The van der Waals surface area contributed by atoms with Gasteiger partial charge in [0, 0.05) is 22.7 Å². The second-order valence-corrected chi connectivity index (χ2v) is 9.00. The highest BCUT2D eigenvalue weighted by Gasteiger charge is 2.20. The first-order valence-corrected chi connectivity index (χ1v) is 12.2. The molecule has 35 heavy (non-hydrogen) atoms. The van der Waals surface area contributed by atoms with Gasteiger partial charge in [-0.3, -0.25) is 14.9 Å². The second kappa shape index (κ2) is 11.6. The van der Waals surface area contributed by atoms with Crippen LogP contribution in [0.15, 0.2) is 47.4 Å². The summed E-state index contributed by atoms with van der Waals surface area (Å²) in [5.41, 5.74) is 0.784. The minimum absolute atomic E-state index is 0.0422. The van der Waals surface area contributed by atoms with Crippen LogP contribution in [0, 0.1) is 0 Å². The molecule has 0 atom stereocenters. The van der Waals surface area contributed by atoms with E-state index < -0.39 is 24.5 Å². The standard InChI is InChI=1S/C24H25N3O7S/c28-21(27-24(31)26-15-5-1-2-6-15)12-32-23(30)17-7-3-4-8-20(17)35-13-22(29)25-16-9-10-18-19(11-16)34-14-33-18/h3-4,7-11,15H,1-2,5-6,12-14H2,(H,25,29)(H2,26,27,28,31). The van der Waals surface area contributed by atoms with E-state index in [2.05, 4.69) is 16.0 Å². The Balaban J connectivity index is 1.24. The van der Waals surface area contributed by atoms with Crippen molar-refractivity contribution in [3.63, 3.8) is 0 Å². The summed E-state index contributed by atoms with van der Waals surface area (Å²) in [6, 6.07) is 11.2. The third-order valence-electron chi connectivity index (χ3n) is 5.40. The molecule has 11 heteroatoms. The summed E-state index contributed by atoms with van der Waals surface area (Å²) in [4.78, 5) is 49.3. The van der Waals surface area contributed by atoms with Gasteiger partial charge < -0.3 is 24.8 Å². The van der Waals surface area contributed by atoms with Crippen LogP contribution in [-0.2, 0) is 14.3 Å². The van der Waals surface area contributed by atoms with Crippen LogP contribution in [0.1, 0.15) is 36.0 Å². The third-order valence-corrected chi connectivity index (χ3v) is 6.47. The van der Waals surface area contributed by atoms with Gasteiger partial charge in [0.1, 0.15) is 0 Å². The van der Waals surface area contributed by atoms with Crippen molar-refractivity contribution in [3.8, 4) is 11.5 Å². The molecule has 1 heterocycles. The molecule has 0 spiro atoms. The van der Waals surface area contributed by atoms with Crippen LogP contribution < -0.4 is 25.4 Å². The third kappa shape index (κ3) is 6.89. The number of imide groups is 1. The molecule has 0 saturated heterocycles. The van der Waals surface area contributed by atoms with Crippen LogP contribution in [0.4, 0.5) is 10.5 Å². The van der Waals surface area contributed by atoms with Crippen molar-refractivity contribution < 1.29 is 33.4 Å². The number of nitrogens with one attached hydrogen (secondary N) is 3. The molecule has 0 aromatic heterocycles. The lowest BCUT2D eigenvalue weighted by Crippen LogP contribution is -2.45. The molecule has 2 aromatic rings. The first-order chi connectivity index (χ1) is 17.0. The molecule has 2 aromatic carbocycles. The molecule has 1 saturated carbocycles. The summed E-state index contributed by atoms with van der Waals surface area (Å²) in [5.74, 6) is -0.500. The Hall–Kier alpha value is -3.73. The number of carbonyl (C=O) groups is 4. The topological polar surface area (TPSA) is 132 Å². The lowest BCUT2D eigenvalue weighted by Gasteiger charge is -2.12. The fourth-order valence-corrected chi connectivity index (χ4v) is 4.58. The monoisotopic (exact) mass is 499 g/mol. The number of hydrogen-bond donors (Lipinski definition) is 3. The molecule has 1 aliphatic heterocycles. The average Bonchev–Trinajstić information content (AvgIpc) is 3.53. The Morgan fingerprint density at radius 2 is 1.74 bits per heavy atom. The minimum Gasteiger partial charge on any atom is -0.454 e. The van der Waals surface area contributed by atoms with E-state index in [1.165, 1.54) is 0 Å². The Morgan fingerprint density at radius 1 is 0.971 bits per heavy atom. The quantitative estimate of drug-likeness (QED) is 0.373. The lowest BCUT2D eigenvalue weighted by atomic mass is 10.2. The summed E-state index contributed by atoms with van der Waals surface area (Å²) in [5, 5.41) is 7.67. The van der Waals surface area contributed by atoms with E-state index >= 15 is 0 Å². The van der Waals surface area contributed by atoms with E-state index in [1.807, 2.05) is 0 Å². The van der Waals surface area contributed by atoms with Gasteiger partial charge in [-0.1, -0.05) is 25.0 Å². The van der Waals surface area contributed by atoms with Crippen molar-refractivity contribution in [2.24, 2.45) is 0 Å². The van der Waals surface area contributed by atoms with E-state index in [4.69, 9.17) is 14.2 Å². The Kier molecular flexibility index (Phi) is 8.09. The summed E-state index contributed by atoms with van der Waals surface area (Å²) in [6.45, 7) is -0.453. The smallest absolute Gasteiger partial charge is 0.339 e. The van der Waals surface area contributed by atoms with Gasteiger partial charge in [0.25, 0.3) is 5.91 Å². The van der Waals surface area contributed by atoms with Crippen molar-refractivity contribution in [1.82, 2.24) is 10.6 Å². The first-order valence-electron chi connectivity index (χ1n) is 11.2. The lowest BCUT2D eigenvalue weighted by molar-refractivity contribution is -0.123. The molecule has 3 N–H and O–H groups in total. The van der Waals surface area contributed by atoms with E-state index in [-0.39, 0.29) is 30.1 Å². The highest BCUT2D eigenvalue weighted by molar-refractivity contribution is 8.00. The number of urea groups is 1. The number of esters is 1. The predicted octanol–water partition coefficient (Wildman–Crippen LogP) is 3.07. The maximum absolute atomic E-state index is 12.5. The molecule has 184 valence electrons. The molecule has 0 radical (unpaired) electrons. The molecule has 4 amide bonds.